The fourth-order valence-electron chi connectivity index (χ4n) is 2.48. The quantitative estimate of drug-likeness (QED) is 0.614. The summed E-state index contributed by atoms with van der Waals surface area (Å²) in [4.78, 5) is 2.40. The average molecular weight is 185 g/mol. The molecule has 0 saturated carbocycles. The van der Waals surface area contributed by atoms with E-state index in [0.717, 1.165) is 0 Å². The van der Waals surface area contributed by atoms with E-state index in [1.807, 2.05) is 6.92 Å². The molecule has 1 aliphatic rings. The maximum absolute atomic E-state index is 5.76. The number of rotatable bonds is 2. The first-order valence-corrected chi connectivity index (χ1v) is 5.21. The lowest BCUT2D eigenvalue weighted by Gasteiger charge is -2.41. The molecular formula is C10H23N3. The van der Waals surface area contributed by atoms with Crippen LogP contribution in [-0.4, -0.2) is 37.2 Å². The van der Waals surface area contributed by atoms with Gasteiger partial charge in [-0.1, -0.05) is 13.8 Å². The second kappa shape index (κ2) is 4.40. The summed E-state index contributed by atoms with van der Waals surface area (Å²) in [7, 11) is 2.19. The van der Waals surface area contributed by atoms with Crippen LogP contribution in [0.15, 0.2) is 0 Å². The number of likely N-dealkylation sites (tertiary alicyclic amines) is 1. The van der Waals surface area contributed by atoms with Gasteiger partial charge in [0.25, 0.3) is 0 Å². The molecule has 1 saturated heterocycles. The first kappa shape index (κ1) is 11.0. The first-order valence-electron chi connectivity index (χ1n) is 5.21. The Balaban J connectivity index is 2.51. The van der Waals surface area contributed by atoms with Gasteiger partial charge in [0.05, 0.1) is 6.17 Å². The van der Waals surface area contributed by atoms with Crippen LogP contribution in [0, 0.1) is 11.8 Å². The lowest BCUT2D eigenvalue weighted by atomic mass is 9.86. The van der Waals surface area contributed by atoms with E-state index in [1.165, 1.54) is 13.1 Å². The molecule has 0 radical (unpaired) electrons. The number of nitrogens with one attached hydrogen (secondary N) is 1. The van der Waals surface area contributed by atoms with Gasteiger partial charge in [-0.3, -0.25) is 5.32 Å². The molecule has 0 amide bonds. The zero-order chi connectivity index (χ0) is 10.0. The fourth-order valence-corrected chi connectivity index (χ4v) is 2.48. The van der Waals surface area contributed by atoms with Crippen LogP contribution in [0.25, 0.3) is 0 Å². The Bertz CT molecular complexity index is 146. The van der Waals surface area contributed by atoms with Crippen LogP contribution in [0.2, 0.25) is 0 Å². The predicted octanol–water partition coefficient (Wildman–Crippen LogP) is 0.467. The number of nitrogens with zero attached hydrogens (tertiary/aromatic N) is 1. The molecule has 3 nitrogen and oxygen atoms in total. The van der Waals surface area contributed by atoms with E-state index in [2.05, 4.69) is 31.1 Å². The van der Waals surface area contributed by atoms with Gasteiger partial charge in [0.15, 0.2) is 0 Å². The molecule has 0 aromatic carbocycles. The Kier molecular flexibility index (Phi) is 3.71. The summed E-state index contributed by atoms with van der Waals surface area (Å²) in [5, 5.41) is 3.45. The van der Waals surface area contributed by atoms with Crippen molar-refractivity contribution in [2.24, 2.45) is 17.6 Å². The highest BCUT2D eigenvalue weighted by Crippen LogP contribution is 2.20. The summed E-state index contributed by atoms with van der Waals surface area (Å²) in [6.07, 6.45) is 0.110. The van der Waals surface area contributed by atoms with Crippen molar-refractivity contribution in [1.82, 2.24) is 10.2 Å². The summed E-state index contributed by atoms with van der Waals surface area (Å²) in [6.45, 7) is 8.96. The maximum Gasteiger partial charge on any atom is 0.0519 e. The SMILES string of the molecule is CC(N)NC1[C@H](C)CN(C)C[C@@H]1C. The maximum atomic E-state index is 5.76. The Morgan fingerprint density at radius 1 is 1.31 bits per heavy atom. The minimum Gasteiger partial charge on any atom is -0.316 e. The molecule has 1 rings (SSSR count). The molecule has 4 atom stereocenters. The highest BCUT2D eigenvalue weighted by molar-refractivity contribution is 4.87. The summed E-state index contributed by atoms with van der Waals surface area (Å²) in [5.74, 6) is 1.39. The third-order valence-corrected chi connectivity index (χ3v) is 2.88. The predicted molar refractivity (Wildman–Crippen MR) is 56.4 cm³/mol. The van der Waals surface area contributed by atoms with Gasteiger partial charge < -0.3 is 10.6 Å². The molecular weight excluding hydrogens is 162 g/mol. The van der Waals surface area contributed by atoms with Crippen LogP contribution in [0.3, 0.4) is 0 Å². The topological polar surface area (TPSA) is 41.3 Å². The van der Waals surface area contributed by atoms with Crippen molar-refractivity contribution in [2.45, 2.75) is 33.0 Å². The fraction of sp³-hybridized carbons (Fsp3) is 1.00. The molecule has 1 heterocycles. The number of hydrogen-bond donors (Lipinski definition) is 2. The lowest BCUT2D eigenvalue weighted by molar-refractivity contribution is 0.116. The van der Waals surface area contributed by atoms with Crippen LogP contribution in [-0.2, 0) is 0 Å². The molecule has 13 heavy (non-hydrogen) atoms. The molecule has 1 aliphatic heterocycles. The first-order chi connectivity index (χ1) is 6.00. The Hall–Kier alpha value is -0.120. The standard InChI is InChI=1S/C10H23N3/c1-7-5-13(4)6-8(2)10(7)12-9(3)11/h7-10,12H,5-6,11H2,1-4H3/t7-,8+,9?,10?. The van der Waals surface area contributed by atoms with Crippen molar-refractivity contribution < 1.29 is 0 Å². The largest absolute Gasteiger partial charge is 0.316 e. The van der Waals surface area contributed by atoms with Crippen molar-refractivity contribution in [3.05, 3.63) is 0 Å². The summed E-state index contributed by atoms with van der Waals surface area (Å²) >= 11 is 0. The van der Waals surface area contributed by atoms with Gasteiger partial charge in [-0.05, 0) is 25.8 Å². The van der Waals surface area contributed by atoms with Crippen LogP contribution < -0.4 is 11.1 Å². The van der Waals surface area contributed by atoms with Crippen molar-refractivity contribution in [2.75, 3.05) is 20.1 Å². The van der Waals surface area contributed by atoms with E-state index in [0.29, 0.717) is 17.9 Å². The molecule has 0 aromatic rings. The molecule has 78 valence electrons. The highest BCUT2D eigenvalue weighted by Gasteiger charge is 2.30. The molecule has 0 aromatic heterocycles. The van der Waals surface area contributed by atoms with E-state index >= 15 is 0 Å². The molecule has 2 unspecified atom stereocenters. The molecule has 3 heteroatoms. The van der Waals surface area contributed by atoms with Gasteiger partial charge in [0.2, 0.25) is 0 Å². The number of hydrogen-bond acceptors (Lipinski definition) is 3. The Morgan fingerprint density at radius 2 is 1.77 bits per heavy atom. The third kappa shape index (κ3) is 2.93. The summed E-state index contributed by atoms with van der Waals surface area (Å²) in [6, 6.07) is 0.580. The van der Waals surface area contributed by atoms with Crippen LogP contribution in [0.1, 0.15) is 20.8 Å². The zero-order valence-corrected chi connectivity index (χ0v) is 9.25. The zero-order valence-electron chi connectivity index (χ0n) is 9.25. The van der Waals surface area contributed by atoms with Gasteiger partial charge in [-0.25, -0.2) is 0 Å². The molecule has 0 aliphatic carbocycles. The average Bonchev–Trinajstić information content (AvgIpc) is 1.96. The van der Waals surface area contributed by atoms with Gasteiger partial charge >= 0.3 is 0 Å². The van der Waals surface area contributed by atoms with Crippen molar-refractivity contribution in [1.29, 1.82) is 0 Å². The smallest absolute Gasteiger partial charge is 0.0519 e. The second-order valence-corrected chi connectivity index (χ2v) is 4.66. The molecule has 0 bridgehead atoms. The van der Waals surface area contributed by atoms with E-state index in [-0.39, 0.29) is 6.17 Å². The Morgan fingerprint density at radius 3 is 2.15 bits per heavy atom. The van der Waals surface area contributed by atoms with Crippen LogP contribution >= 0.6 is 0 Å². The van der Waals surface area contributed by atoms with E-state index in [9.17, 15) is 0 Å². The van der Waals surface area contributed by atoms with Crippen molar-refractivity contribution in [3.63, 3.8) is 0 Å². The van der Waals surface area contributed by atoms with E-state index in [1.54, 1.807) is 0 Å². The molecule has 0 spiro atoms. The van der Waals surface area contributed by atoms with Gasteiger partial charge in [0, 0.05) is 19.1 Å². The second-order valence-electron chi connectivity index (χ2n) is 4.66. The van der Waals surface area contributed by atoms with E-state index < -0.39 is 0 Å². The Labute approximate surface area is 81.7 Å². The van der Waals surface area contributed by atoms with Crippen LogP contribution in [0.4, 0.5) is 0 Å². The third-order valence-electron chi connectivity index (χ3n) is 2.88. The number of piperidine rings is 1. The molecule has 3 N–H and O–H groups in total. The molecule has 1 fully saturated rings. The van der Waals surface area contributed by atoms with Gasteiger partial charge in [-0.2, -0.15) is 0 Å². The highest BCUT2D eigenvalue weighted by atomic mass is 15.1. The summed E-state index contributed by atoms with van der Waals surface area (Å²) in [5.41, 5.74) is 5.76. The van der Waals surface area contributed by atoms with Crippen LogP contribution in [0.5, 0.6) is 0 Å². The van der Waals surface area contributed by atoms with Crippen molar-refractivity contribution in [3.8, 4) is 0 Å². The monoisotopic (exact) mass is 185 g/mol. The minimum absolute atomic E-state index is 0.110. The normalized spacial score (nSPS) is 39.0. The van der Waals surface area contributed by atoms with Gasteiger partial charge in [0.1, 0.15) is 0 Å². The summed E-state index contributed by atoms with van der Waals surface area (Å²) < 4.78 is 0. The van der Waals surface area contributed by atoms with E-state index in [4.69, 9.17) is 5.73 Å². The minimum atomic E-state index is 0.110. The lowest BCUT2D eigenvalue weighted by Crippen LogP contribution is -2.56. The van der Waals surface area contributed by atoms with Crippen molar-refractivity contribution >= 4 is 0 Å². The number of nitrogens with two attached hydrogens (primary N) is 1. The van der Waals surface area contributed by atoms with Gasteiger partial charge in [-0.15, -0.1) is 0 Å².